The Bertz CT molecular complexity index is 858. The van der Waals surface area contributed by atoms with Crippen molar-refractivity contribution in [3.05, 3.63) is 76.5 Å². The highest BCUT2D eigenvalue weighted by Gasteiger charge is 2.29. The molecular formula is C20H21N3OS. The van der Waals surface area contributed by atoms with E-state index in [1.54, 1.807) is 0 Å². The smallest absolute Gasteiger partial charge is 0.255 e. The lowest BCUT2D eigenvalue weighted by Crippen LogP contribution is -2.45. The maximum absolute atomic E-state index is 13.0. The molecule has 5 heteroatoms. The Balaban J connectivity index is 1.96. The number of allylic oxidation sites excluding steroid dienone is 1. The predicted octanol–water partition coefficient (Wildman–Crippen LogP) is 3.73. The molecule has 128 valence electrons. The maximum atomic E-state index is 13.0. The van der Waals surface area contributed by atoms with Crippen molar-refractivity contribution in [3.63, 3.8) is 0 Å². The molecule has 0 aromatic heterocycles. The van der Waals surface area contributed by atoms with Crippen molar-refractivity contribution in [1.82, 2.24) is 10.6 Å². The highest BCUT2D eigenvalue weighted by atomic mass is 32.1. The number of aryl methyl sites for hydroxylation is 1. The summed E-state index contributed by atoms with van der Waals surface area (Å²) in [7, 11) is 0. The van der Waals surface area contributed by atoms with E-state index in [-0.39, 0.29) is 11.9 Å². The van der Waals surface area contributed by atoms with Crippen LogP contribution in [0.2, 0.25) is 0 Å². The number of nitrogens with one attached hydrogen (secondary N) is 3. The van der Waals surface area contributed by atoms with Crippen molar-refractivity contribution >= 4 is 28.9 Å². The van der Waals surface area contributed by atoms with Crippen LogP contribution in [0, 0.1) is 13.8 Å². The molecule has 3 N–H and O–H groups in total. The van der Waals surface area contributed by atoms with Crippen LogP contribution in [0.25, 0.3) is 0 Å². The van der Waals surface area contributed by atoms with Gasteiger partial charge in [-0.2, -0.15) is 0 Å². The van der Waals surface area contributed by atoms with Gasteiger partial charge >= 0.3 is 0 Å². The average Bonchev–Trinajstić information content (AvgIpc) is 2.59. The van der Waals surface area contributed by atoms with Crippen LogP contribution in [-0.4, -0.2) is 11.0 Å². The van der Waals surface area contributed by atoms with E-state index in [1.165, 1.54) is 0 Å². The van der Waals surface area contributed by atoms with Crippen LogP contribution in [0.15, 0.2) is 59.8 Å². The van der Waals surface area contributed by atoms with Gasteiger partial charge in [-0.3, -0.25) is 4.79 Å². The fourth-order valence-corrected chi connectivity index (χ4v) is 3.24. The minimum atomic E-state index is -0.278. The molecule has 4 nitrogen and oxygen atoms in total. The van der Waals surface area contributed by atoms with Crippen molar-refractivity contribution in [1.29, 1.82) is 0 Å². The van der Waals surface area contributed by atoms with Crippen LogP contribution in [0.4, 0.5) is 5.69 Å². The van der Waals surface area contributed by atoms with E-state index >= 15 is 0 Å². The standard InChI is InChI=1S/C20H21N3OS/c1-12-8-7-11-16(13(12)2)22-19(24)17-14(3)21-20(25)23-18(17)15-9-5-4-6-10-15/h4-11,18H,1-3H3,(H,22,24)(H2,21,23,25). The fourth-order valence-electron chi connectivity index (χ4n) is 2.97. The zero-order valence-corrected chi connectivity index (χ0v) is 15.3. The second-order valence-electron chi connectivity index (χ2n) is 6.18. The summed E-state index contributed by atoms with van der Waals surface area (Å²) in [6.07, 6.45) is 0. The summed E-state index contributed by atoms with van der Waals surface area (Å²) in [4.78, 5) is 13.0. The Morgan fingerprint density at radius 2 is 1.76 bits per heavy atom. The van der Waals surface area contributed by atoms with E-state index < -0.39 is 0 Å². The zero-order valence-electron chi connectivity index (χ0n) is 14.5. The van der Waals surface area contributed by atoms with Gasteiger partial charge in [-0.25, -0.2) is 0 Å². The molecule has 2 aromatic rings. The van der Waals surface area contributed by atoms with Crippen molar-refractivity contribution in [2.45, 2.75) is 26.8 Å². The number of rotatable bonds is 3. The molecule has 1 aliphatic heterocycles. The molecule has 0 fully saturated rings. The number of carbonyl (C=O) groups excluding carboxylic acids is 1. The second-order valence-corrected chi connectivity index (χ2v) is 6.59. The molecule has 1 atom stereocenters. The van der Waals surface area contributed by atoms with E-state index in [9.17, 15) is 4.79 Å². The first-order chi connectivity index (χ1) is 12.0. The van der Waals surface area contributed by atoms with Gasteiger partial charge in [0.15, 0.2) is 5.11 Å². The van der Waals surface area contributed by atoms with E-state index in [0.717, 1.165) is 28.1 Å². The quantitative estimate of drug-likeness (QED) is 0.738. The normalized spacial score (nSPS) is 16.9. The molecule has 0 radical (unpaired) electrons. The summed E-state index contributed by atoms with van der Waals surface area (Å²) in [5.74, 6) is -0.137. The fraction of sp³-hybridized carbons (Fsp3) is 0.200. The molecule has 1 heterocycles. The molecule has 0 bridgehead atoms. The van der Waals surface area contributed by atoms with Gasteiger partial charge in [0.25, 0.3) is 5.91 Å². The number of benzene rings is 2. The molecule has 3 rings (SSSR count). The number of thiocarbonyl (C=S) groups is 1. The monoisotopic (exact) mass is 351 g/mol. The molecule has 0 aliphatic carbocycles. The third-order valence-corrected chi connectivity index (χ3v) is 4.72. The molecule has 1 unspecified atom stereocenters. The summed E-state index contributed by atoms with van der Waals surface area (Å²) < 4.78 is 0. The summed E-state index contributed by atoms with van der Waals surface area (Å²) in [6.45, 7) is 5.92. The summed E-state index contributed by atoms with van der Waals surface area (Å²) >= 11 is 5.28. The topological polar surface area (TPSA) is 53.2 Å². The Morgan fingerprint density at radius 3 is 2.48 bits per heavy atom. The number of amides is 1. The van der Waals surface area contributed by atoms with E-state index in [4.69, 9.17) is 12.2 Å². The summed E-state index contributed by atoms with van der Waals surface area (Å²) in [5, 5.41) is 9.84. The van der Waals surface area contributed by atoms with Crippen molar-refractivity contribution in [3.8, 4) is 0 Å². The maximum Gasteiger partial charge on any atom is 0.255 e. The first kappa shape index (κ1) is 17.2. The molecule has 0 saturated heterocycles. The lowest BCUT2D eigenvalue weighted by molar-refractivity contribution is -0.113. The number of hydrogen-bond donors (Lipinski definition) is 3. The van der Waals surface area contributed by atoms with Crippen LogP contribution >= 0.6 is 12.2 Å². The minimum absolute atomic E-state index is 0.137. The Morgan fingerprint density at radius 1 is 1.04 bits per heavy atom. The lowest BCUT2D eigenvalue weighted by atomic mass is 9.95. The van der Waals surface area contributed by atoms with Gasteiger partial charge in [0.2, 0.25) is 0 Å². The Hall–Kier alpha value is -2.66. The zero-order chi connectivity index (χ0) is 18.0. The first-order valence-electron chi connectivity index (χ1n) is 8.18. The van der Waals surface area contributed by atoms with Gasteiger partial charge in [0.05, 0.1) is 11.6 Å². The first-order valence-corrected chi connectivity index (χ1v) is 8.59. The van der Waals surface area contributed by atoms with Crippen LogP contribution in [0.5, 0.6) is 0 Å². The number of hydrogen-bond acceptors (Lipinski definition) is 2. The molecule has 1 amide bonds. The van der Waals surface area contributed by atoms with Crippen LogP contribution < -0.4 is 16.0 Å². The molecular weight excluding hydrogens is 330 g/mol. The van der Waals surface area contributed by atoms with Gasteiger partial charge in [0, 0.05) is 11.4 Å². The lowest BCUT2D eigenvalue weighted by Gasteiger charge is -2.30. The van der Waals surface area contributed by atoms with E-state index in [2.05, 4.69) is 16.0 Å². The number of carbonyl (C=O) groups is 1. The van der Waals surface area contributed by atoms with Gasteiger partial charge < -0.3 is 16.0 Å². The number of anilines is 1. The Labute approximate surface area is 153 Å². The van der Waals surface area contributed by atoms with E-state index in [1.807, 2.05) is 69.3 Å². The van der Waals surface area contributed by atoms with Crippen molar-refractivity contribution in [2.75, 3.05) is 5.32 Å². The third-order valence-electron chi connectivity index (χ3n) is 4.50. The molecule has 0 saturated carbocycles. The van der Waals surface area contributed by atoms with Crippen molar-refractivity contribution < 1.29 is 4.79 Å². The predicted molar refractivity (Wildman–Crippen MR) is 105 cm³/mol. The van der Waals surface area contributed by atoms with Gasteiger partial charge in [-0.1, -0.05) is 42.5 Å². The molecule has 0 spiro atoms. The highest BCUT2D eigenvalue weighted by Crippen LogP contribution is 2.28. The third kappa shape index (κ3) is 3.56. The summed E-state index contributed by atoms with van der Waals surface area (Å²) in [5.41, 5.74) is 5.44. The minimum Gasteiger partial charge on any atom is -0.351 e. The molecule has 1 aliphatic rings. The van der Waals surface area contributed by atoms with Gasteiger partial charge in [0.1, 0.15) is 0 Å². The van der Waals surface area contributed by atoms with Gasteiger partial charge in [-0.05, 0) is 55.7 Å². The summed E-state index contributed by atoms with van der Waals surface area (Å²) in [6, 6.07) is 15.5. The Kier molecular flexibility index (Phi) is 4.86. The SMILES string of the molecule is CC1=C(C(=O)Nc2cccc(C)c2C)C(c2ccccc2)NC(=S)N1. The van der Waals surface area contributed by atoms with Gasteiger partial charge in [-0.15, -0.1) is 0 Å². The van der Waals surface area contributed by atoms with Crippen LogP contribution in [-0.2, 0) is 4.79 Å². The molecule has 25 heavy (non-hydrogen) atoms. The second kappa shape index (κ2) is 7.07. The van der Waals surface area contributed by atoms with Crippen LogP contribution in [0.1, 0.15) is 29.7 Å². The van der Waals surface area contributed by atoms with E-state index in [0.29, 0.717) is 10.7 Å². The molecule has 2 aromatic carbocycles. The van der Waals surface area contributed by atoms with Crippen molar-refractivity contribution in [2.24, 2.45) is 0 Å². The highest BCUT2D eigenvalue weighted by molar-refractivity contribution is 7.80. The van der Waals surface area contributed by atoms with Crippen LogP contribution in [0.3, 0.4) is 0 Å². The average molecular weight is 351 g/mol. The largest absolute Gasteiger partial charge is 0.351 e.